The Labute approximate surface area is 128 Å². The van der Waals surface area contributed by atoms with Gasteiger partial charge in [0.1, 0.15) is 0 Å². The molecule has 0 aliphatic carbocycles. The van der Waals surface area contributed by atoms with Gasteiger partial charge in [-0.3, -0.25) is 4.90 Å². The summed E-state index contributed by atoms with van der Waals surface area (Å²) in [5.41, 5.74) is 6.97. The molecule has 1 aliphatic heterocycles. The summed E-state index contributed by atoms with van der Waals surface area (Å²) in [5, 5.41) is 0.776. The molecule has 19 heavy (non-hydrogen) atoms. The molecule has 2 N–H and O–H groups in total. The first-order valence-corrected chi connectivity index (χ1v) is 7.85. The molecule has 0 aromatic heterocycles. The van der Waals surface area contributed by atoms with Crippen LogP contribution in [0.3, 0.4) is 0 Å². The molecule has 106 valence electrons. The van der Waals surface area contributed by atoms with E-state index in [0.29, 0.717) is 6.54 Å². The van der Waals surface area contributed by atoms with Crippen LogP contribution < -0.4 is 5.73 Å². The molecule has 2 unspecified atom stereocenters. The Kier molecular flexibility index (Phi) is 5.66. The first-order valence-electron chi connectivity index (χ1n) is 6.68. The minimum atomic E-state index is 0.00657. The lowest BCUT2D eigenvalue weighted by atomic mass is 9.97. The van der Waals surface area contributed by atoms with Crippen molar-refractivity contribution in [3.63, 3.8) is 0 Å². The molecule has 1 aromatic rings. The van der Waals surface area contributed by atoms with E-state index in [1.807, 2.05) is 12.1 Å². The Hall–Kier alpha value is -0.130. The molecular weight excluding hydrogens is 328 g/mol. The smallest absolute Gasteiger partial charge is 0.0894 e. The standard InChI is InChI=1S/C14H20BrClN2O/c1-2-5-18-6-7-19-13(9-17)14(18)11-8-10(15)3-4-12(11)16/h3-4,8,13-14H,2,5-7,9,17H2,1H3. The molecule has 1 aromatic carbocycles. The predicted octanol–water partition coefficient (Wildman–Crippen LogP) is 3.21. The third-order valence-electron chi connectivity index (χ3n) is 3.48. The maximum absolute atomic E-state index is 6.37. The van der Waals surface area contributed by atoms with Crippen LogP contribution in [-0.2, 0) is 4.74 Å². The minimum Gasteiger partial charge on any atom is -0.374 e. The van der Waals surface area contributed by atoms with Crippen molar-refractivity contribution in [2.24, 2.45) is 5.73 Å². The van der Waals surface area contributed by atoms with Crippen LogP contribution in [-0.4, -0.2) is 37.2 Å². The second kappa shape index (κ2) is 7.04. The molecule has 5 heteroatoms. The second-order valence-electron chi connectivity index (χ2n) is 4.79. The molecule has 3 nitrogen and oxygen atoms in total. The molecule has 0 radical (unpaired) electrons. The van der Waals surface area contributed by atoms with Crippen LogP contribution in [0.1, 0.15) is 24.9 Å². The first-order chi connectivity index (χ1) is 9.17. The van der Waals surface area contributed by atoms with Gasteiger partial charge in [-0.1, -0.05) is 34.5 Å². The molecule has 1 fully saturated rings. The fourth-order valence-corrected chi connectivity index (χ4v) is 3.27. The van der Waals surface area contributed by atoms with Crippen LogP contribution in [0.5, 0.6) is 0 Å². The molecule has 1 saturated heterocycles. The number of benzene rings is 1. The van der Waals surface area contributed by atoms with Crippen LogP contribution in [0, 0.1) is 0 Å². The van der Waals surface area contributed by atoms with Gasteiger partial charge in [0.2, 0.25) is 0 Å². The molecule has 2 rings (SSSR count). The van der Waals surface area contributed by atoms with Gasteiger partial charge in [0, 0.05) is 22.6 Å². The van der Waals surface area contributed by atoms with Crippen LogP contribution in [0.15, 0.2) is 22.7 Å². The second-order valence-corrected chi connectivity index (χ2v) is 6.11. The lowest BCUT2D eigenvalue weighted by molar-refractivity contribution is -0.0676. The summed E-state index contributed by atoms with van der Waals surface area (Å²) in [4.78, 5) is 2.43. The number of morpholine rings is 1. The summed E-state index contributed by atoms with van der Waals surface area (Å²) in [6.07, 6.45) is 1.12. The molecular formula is C14H20BrClN2O. The maximum atomic E-state index is 6.37. The van der Waals surface area contributed by atoms with Crippen molar-refractivity contribution in [3.8, 4) is 0 Å². The Bertz CT molecular complexity index is 428. The molecule has 1 heterocycles. The Morgan fingerprint density at radius 3 is 3.00 bits per heavy atom. The van der Waals surface area contributed by atoms with Crippen molar-refractivity contribution in [3.05, 3.63) is 33.3 Å². The van der Waals surface area contributed by atoms with Crippen molar-refractivity contribution in [1.82, 2.24) is 4.90 Å². The zero-order valence-electron chi connectivity index (χ0n) is 11.1. The molecule has 0 spiro atoms. The third-order valence-corrected chi connectivity index (χ3v) is 4.31. The fraction of sp³-hybridized carbons (Fsp3) is 0.571. The number of hydrogen-bond donors (Lipinski definition) is 1. The van der Waals surface area contributed by atoms with Crippen LogP contribution in [0.25, 0.3) is 0 Å². The largest absolute Gasteiger partial charge is 0.374 e. The van der Waals surface area contributed by atoms with E-state index in [-0.39, 0.29) is 12.1 Å². The monoisotopic (exact) mass is 346 g/mol. The summed E-state index contributed by atoms with van der Waals surface area (Å²) in [6.45, 7) is 5.40. The highest BCUT2D eigenvalue weighted by Gasteiger charge is 2.33. The fourth-order valence-electron chi connectivity index (χ4n) is 2.66. The summed E-state index contributed by atoms with van der Waals surface area (Å²) in [6, 6.07) is 6.10. The van der Waals surface area contributed by atoms with Crippen molar-refractivity contribution < 1.29 is 4.74 Å². The number of nitrogens with zero attached hydrogens (tertiary/aromatic N) is 1. The van der Waals surface area contributed by atoms with E-state index in [1.165, 1.54) is 0 Å². The molecule has 0 bridgehead atoms. The van der Waals surface area contributed by atoms with Crippen molar-refractivity contribution in [2.45, 2.75) is 25.5 Å². The van der Waals surface area contributed by atoms with Crippen LogP contribution >= 0.6 is 27.5 Å². The Morgan fingerprint density at radius 2 is 2.32 bits per heavy atom. The minimum absolute atomic E-state index is 0.00657. The van der Waals surface area contributed by atoms with Gasteiger partial charge in [-0.15, -0.1) is 0 Å². The van der Waals surface area contributed by atoms with E-state index in [9.17, 15) is 0 Å². The summed E-state index contributed by atoms with van der Waals surface area (Å²) >= 11 is 9.89. The normalized spacial score (nSPS) is 24.6. The zero-order chi connectivity index (χ0) is 13.8. The number of ether oxygens (including phenoxy) is 1. The third kappa shape index (κ3) is 3.50. The van der Waals surface area contributed by atoms with E-state index in [0.717, 1.165) is 41.2 Å². The van der Waals surface area contributed by atoms with E-state index in [1.54, 1.807) is 0 Å². The number of nitrogens with two attached hydrogens (primary N) is 1. The number of halogens is 2. The van der Waals surface area contributed by atoms with E-state index in [4.69, 9.17) is 22.1 Å². The topological polar surface area (TPSA) is 38.5 Å². The van der Waals surface area contributed by atoms with Crippen molar-refractivity contribution in [1.29, 1.82) is 0 Å². The summed E-state index contributed by atoms with van der Waals surface area (Å²) in [5.74, 6) is 0. The summed E-state index contributed by atoms with van der Waals surface area (Å²) in [7, 11) is 0. The highest BCUT2D eigenvalue weighted by Crippen LogP contribution is 2.35. The van der Waals surface area contributed by atoms with Gasteiger partial charge in [0.15, 0.2) is 0 Å². The quantitative estimate of drug-likeness (QED) is 0.909. The molecule has 0 saturated carbocycles. The van der Waals surface area contributed by atoms with Crippen LogP contribution in [0.4, 0.5) is 0 Å². The van der Waals surface area contributed by atoms with Crippen molar-refractivity contribution in [2.75, 3.05) is 26.2 Å². The van der Waals surface area contributed by atoms with Crippen LogP contribution in [0.2, 0.25) is 5.02 Å². The lowest BCUT2D eigenvalue weighted by Gasteiger charge is -2.41. The average Bonchev–Trinajstić information content (AvgIpc) is 2.42. The Morgan fingerprint density at radius 1 is 1.53 bits per heavy atom. The molecule has 1 aliphatic rings. The lowest BCUT2D eigenvalue weighted by Crippen LogP contribution is -2.48. The maximum Gasteiger partial charge on any atom is 0.0894 e. The van der Waals surface area contributed by atoms with Gasteiger partial charge in [0.25, 0.3) is 0 Å². The zero-order valence-corrected chi connectivity index (χ0v) is 13.5. The average molecular weight is 348 g/mol. The summed E-state index contributed by atoms with van der Waals surface area (Å²) < 4.78 is 6.86. The van der Waals surface area contributed by atoms with Gasteiger partial charge in [-0.05, 0) is 36.7 Å². The van der Waals surface area contributed by atoms with E-state index in [2.05, 4.69) is 33.8 Å². The van der Waals surface area contributed by atoms with Gasteiger partial charge < -0.3 is 10.5 Å². The highest BCUT2D eigenvalue weighted by atomic mass is 79.9. The van der Waals surface area contributed by atoms with Crippen molar-refractivity contribution >= 4 is 27.5 Å². The van der Waals surface area contributed by atoms with E-state index >= 15 is 0 Å². The SMILES string of the molecule is CCCN1CCOC(CN)C1c1cc(Br)ccc1Cl. The van der Waals surface area contributed by atoms with Gasteiger partial charge in [-0.2, -0.15) is 0 Å². The van der Waals surface area contributed by atoms with Gasteiger partial charge >= 0.3 is 0 Å². The van der Waals surface area contributed by atoms with Gasteiger partial charge in [0.05, 0.1) is 18.8 Å². The number of rotatable bonds is 4. The molecule has 0 amide bonds. The first kappa shape index (κ1) is 15.3. The number of hydrogen-bond acceptors (Lipinski definition) is 3. The predicted molar refractivity (Wildman–Crippen MR) is 82.6 cm³/mol. The Balaban J connectivity index is 2.36. The van der Waals surface area contributed by atoms with Gasteiger partial charge in [-0.25, -0.2) is 0 Å². The highest BCUT2D eigenvalue weighted by molar-refractivity contribution is 9.10. The molecule has 2 atom stereocenters. The van der Waals surface area contributed by atoms with E-state index < -0.39 is 0 Å².